The summed E-state index contributed by atoms with van der Waals surface area (Å²) in [5, 5.41) is 13.2. The van der Waals surface area contributed by atoms with Crippen molar-refractivity contribution >= 4 is 23.1 Å². The van der Waals surface area contributed by atoms with E-state index >= 15 is 0 Å². The van der Waals surface area contributed by atoms with Gasteiger partial charge in [0.05, 0.1) is 16.9 Å². The van der Waals surface area contributed by atoms with Crippen molar-refractivity contribution in [2.75, 3.05) is 17.3 Å². The molecule has 1 aromatic rings. The Morgan fingerprint density at radius 2 is 2.06 bits per heavy atom. The zero-order valence-electron chi connectivity index (χ0n) is 10.6. The van der Waals surface area contributed by atoms with E-state index in [1.807, 2.05) is 23.9 Å². The van der Waals surface area contributed by atoms with Gasteiger partial charge in [0.2, 0.25) is 0 Å². The molecule has 0 atom stereocenters. The molecule has 1 fully saturated rings. The predicted octanol–water partition coefficient (Wildman–Crippen LogP) is 3.23. The van der Waals surface area contributed by atoms with Crippen molar-refractivity contribution in [2.45, 2.75) is 37.0 Å². The van der Waals surface area contributed by atoms with Crippen molar-refractivity contribution in [1.82, 2.24) is 0 Å². The molecule has 18 heavy (non-hydrogen) atoms. The van der Waals surface area contributed by atoms with Gasteiger partial charge < -0.3 is 11.1 Å². The minimum atomic E-state index is 0.490. The smallest absolute Gasteiger partial charge is 0.101 e. The fraction of sp³-hybridized carbons (Fsp3) is 0.500. The second-order valence-corrected chi connectivity index (χ2v) is 5.87. The van der Waals surface area contributed by atoms with Gasteiger partial charge in [-0.25, -0.2) is 0 Å². The molecule has 0 heterocycles. The molecule has 3 nitrogen and oxygen atoms in total. The van der Waals surface area contributed by atoms with Crippen molar-refractivity contribution in [3.63, 3.8) is 0 Å². The lowest BCUT2D eigenvalue weighted by Gasteiger charge is -2.29. The molecule has 1 aliphatic carbocycles. The van der Waals surface area contributed by atoms with Crippen LogP contribution in [0.3, 0.4) is 0 Å². The highest BCUT2D eigenvalue weighted by atomic mass is 32.2. The van der Waals surface area contributed by atoms with E-state index in [0.29, 0.717) is 17.3 Å². The summed E-state index contributed by atoms with van der Waals surface area (Å²) in [6.07, 6.45) is 7.07. The Hall–Kier alpha value is -1.34. The first kappa shape index (κ1) is 13.1. The van der Waals surface area contributed by atoms with Crippen LogP contribution < -0.4 is 11.1 Å². The molecule has 96 valence electrons. The molecule has 3 N–H and O–H groups in total. The fourth-order valence-corrected chi connectivity index (χ4v) is 3.19. The second-order valence-electron chi connectivity index (χ2n) is 4.73. The van der Waals surface area contributed by atoms with Crippen LogP contribution in [0.25, 0.3) is 0 Å². The summed E-state index contributed by atoms with van der Waals surface area (Å²) < 4.78 is 0. The molecule has 0 saturated heterocycles. The van der Waals surface area contributed by atoms with E-state index in [2.05, 4.69) is 17.6 Å². The average Bonchev–Trinajstić information content (AvgIpc) is 2.42. The maximum Gasteiger partial charge on any atom is 0.101 e. The molecular formula is C14H19N3S. The summed E-state index contributed by atoms with van der Waals surface area (Å²) >= 11 is 1.97. The third-order valence-corrected chi connectivity index (χ3v) is 4.73. The highest BCUT2D eigenvalue weighted by Crippen LogP contribution is 2.30. The molecule has 4 heteroatoms. The van der Waals surface area contributed by atoms with Gasteiger partial charge in [-0.2, -0.15) is 17.0 Å². The Morgan fingerprint density at radius 3 is 2.67 bits per heavy atom. The van der Waals surface area contributed by atoms with E-state index in [0.717, 1.165) is 10.9 Å². The number of anilines is 2. The molecule has 0 unspecified atom stereocenters. The van der Waals surface area contributed by atoms with Gasteiger partial charge in [-0.15, -0.1) is 0 Å². The zero-order valence-corrected chi connectivity index (χ0v) is 11.5. The number of rotatable bonds is 3. The molecule has 0 aromatic heterocycles. The standard InChI is InChI=1S/C14H19N3S/c1-18-12-7-5-11(6-8-12)17-13-4-2-3-10(9-15)14(13)16/h2-4,11-12,17H,5-8,16H2,1H3. The van der Waals surface area contributed by atoms with Gasteiger partial charge in [-0.3, -0.25) is 0 Å². The van der Waals surface area contributed by atoms with Gasteiger partial charge in [-0.05, 0) is 44.1 Å². The minimum absolute atomic E-state index is 0.490. The summed E-state index contributed by atoms with van der Waals surface area (Å²) in [4.78, 5) is 0. The van der Waals surface area contributed by atoms with Gasteiger partial charge in [0.15, 0.2) is 0 Å². The summed E-state index contributed by atoms with van der Waals surface area (Å²) in [6, 6.07) is 8.20. The largest absolute Gasteiger partial charge is 0.396 e. The van der Waals surface area contributed by atoms with E-state index in [1.54, 1.807) is 6.07 Å². The Morgan fingerprint density at radius 1 is 1.33 bits per heavy atom. The van der Waals surface area contributed by atoms with Crippen LogP contribution in [0.15, 0.2) is 18.2 Å². The van der Waals surface area contributed by atoms with Crippen LogP contribution in [0.2, 0.25) is 0 Å². The molecular weight excluding hydrogens is 242 g/mol. The number of nitrogen functional groups attached to an aromatic ring is 1. The third-order valence-electron chi connectivity index (χ3n) is 3.59. The maximum atomic E-state index is 8.95. The summed E-state index contributed by atoms with van der Waals surface area (Å²) in [7, 11) is 0. The fourth-order valence-electron chi connectivity index (χ4n) is 2.45. The molecule has 1 aromatic carbocycles. The predicted molar refractivity (Wildman–Crippen MR) is 78.8 cm³/mol. The highest BCUT2D eigenvalue weighted by molar-refractivity contribution is 7.99. The van der Waals surface area contributed by atoms with Crippen LogP contribution in [0.1, 0.15) is 31.2 Å². The van der Waals surface area contributed by atoms with Gasteiger partial charge in [-0.1, -0.05) is 6.07 Å². The Bertz CT molecular complexity index is 445. The van der Waals surface area contributed by atoms with E-state index in [-0.39, 0.29) is 0 Å². The molecule has 0 aliphatic heterocycles. The van der Waals surface area contributed by atoms with Crippen LogP contribution in [0.5, 0.6) is 0 Å². The van der Waals surface area contributed by atoms with E-state index in [1.165, 1.54) is 25.7 Å². The van der Waals surface area contributed by atoms with Crippen LogP contribution in [-0.4, -0.2) is 17.5 Å². The second kappa shape index (κ2) is 6.01. The van der Waals surface area contributed by atoms with Crippen LogP contribution in [-0.2, 0) is 0 Å². The number of thioether (sulfide) groups is 1. The number of hydrogen-bond donors (Lipinski definition) is 2. The lowest BCUT2D eigenvalue weighted by Crippen LogP contribution is -2.27. The van der Waals surface area contributed by atoms with Gasteiger partial charge in [0.25, 0.3) is 0 Å². The van der Waals surface area contributed by atoms with E-state index in [4.69, 9.17) is 11.0 Å². The van der Waals surface area contributed by atoms with Crippen molar-refractivity contribution in [3.8, 4) is 6.07 Å². The summed E-state index contributed by atoms with van der Waals surface area (Å²) in [5.74, 6) is 0. The Kier molecular flexibility index (Phi) is 4.38. The lowest BCUT2D eigenvalue weighted by atomic mass is 9.94. The number of nitrogens with zero attached hydrogens (tertiary/aromatic N) is 1. The van der Waals surface area contributed by atoms with Crippen molar-refractivity contribution in [1.29, 1.82) is 5.26 Å². The molecule has 0 radical (unpaired) electrons. The Labute approximate surface area is 113 Å². The number of benzene rings is 1. The van der Waals surface area contributed by atoms with E-state index in [9.17, 15) is 0 Å². The third kappa shape index (κ3) is 2.91. The van der Waals surface area contributed by atoms with Crippen molar-refractivity contribution < 1.29 is 0 Å². The number of nitrogens with two attached hydrogens (primary N) is 1. The highest BCUT2D eigenvalue weighted by Gasteiger charge is 2.20. The molecule has 0 amide bonds. The normalized spacial score (nSPS) is 23.3. The number of nitriles is 1. The van der Waals surface area contributed by atoms with E-state index < -0.39 is 0 Å². The summed E-state index contributed by atoms with van der Waals surface area (Å²) in [6.45, 7) is 0. The zero-order chi connectivity index (χ0) is 13.0. The van der Waals surface area contributed by atoms with Gasteiger partial charge in [0.1, 0.15) is 6.07 Å². The Balaban J connectivity index is 2.01. The maximum absolute atomic E-state index is 8.95. The van der Waals surface area contributed by atoms with Crippen LogP contribution in [0, 0.1) is 11.3 Å². The number of para-hydroxylation sites is 1. The van der Waals surface area contributed by atoms with Gasteiger partial charge >= 0.3 is 0 Å². The summed E-state index contributed by atoms with van der Waals surface area (Å²) in [5.41, 5.74) is 8.01. The monoisotopic (exact) mass is 261 g/mol. The number of hydrogen-bond acceptors (Lipinski definition) is 4. The van der Waals surface area contributed by atoms with Crippen molar-refractivity contribution in [3.05, 3.63) is 23.8 Å². The first-order valence-electron chi connectivity index (χ1n) is 6.32. The van der Waals surface area contributed by atoms with Crippen LogP contribution >= 0.6 is 11.8 Å². The average molecular weight is 261 g/mol. The molecule has 0 spiro atoms. The molecule has 1 aliphatic rings. The van der Waals surface area contributed by atoms with Crippen LogP contribution in [0.4, 0.5) is 11.4 Å². The van der Waals surface area contributed by atoms with Crippen molar-refractivity contribution in [2.24, 2.45) is 0 Å². The van der Waals surface area contributed by atoms with Gasteiger partial charge in [0, 0.05) is 11.3 Å². The number of nitrogens with one attached hydrogen (secondary N) is 1. The molecule has 1 saturated carbocycles. The minimum Gasteiger partial charge on any atom is -0.396 e. The topological polar surface area (TPSA) is 61.8 Å². The first-order valence-corrected chi connectivity index (χ1v) is 7.61. The molecule has 0 bridgehead atoms. The lowest BCUT2D eigenvalue weighted by molar-refractivity contribution is 0.473. The quantitative estimate of drug-likeness (QED) is 0.820. The molecule has 2 rings (SSSR count). The SMILES string of the molecule is CSC1CCC(Nc2cccc(C#N)c2N)CC1. The first-order chi connectivity index (χ1) is 8.74.